The van der Waals surface area contributed by atoms with Crippen LogP contribution >= 0.6 is 22.9 Å². The Labute approximate surface area is 238 Å². The number of fused-ring (bicyclic) bond motifs is 1. The van der Waals surface area contributed by atoms with Crippen molar-refractivity contribution >= 4 is 44.6 Å². The maximum absolute atomic E-state index is 14.0. The molecule has 4 heterocycles. The van der Waals surface area contributed by atoms with Gasteiger partial charge in [-0.15, -0.1) is 11.3 Å². The van der Waals surface area contributed by atoms with Crippen molar-refractivity contribution in [2.75, 3.05) is 6.54 Å². The summed E-state index contributed by atoms with van der Waals surface area (Å²) in [6.07, 6.45) is 5.50. The van der Waals surface area contributed by atoms with Crippen molar-refractivity contribution in [3.8, 4) is 0 Å². The molecule has 1 saturated carbocycles. The molecule has 9 nitrogen and oxygen atoms in total. The highest BCUT2D eigenvalue weighted by molar-refractivity contribution is 7.87. The molecule has 2 aromatic heterocycles. The van der Waals surface area contributed by atoms with Gasteiger partial charge in [0.25, 0.3) is 10.2 Å². The maximum Gasteiger partial charge on any atom is 0.333 e. The fraction of sp³-hybridized carbons (Fsp3) is 0.400. The van der Waals surface area contributed by atoms with E-state index in [4.69, 9.17) is 16.6 Å². The Morgan fingerprint density at radius 3 is 2.67 bits per heavy atom. The van der Waals surface area contributed by atoms with Gasteiger partial charge in [0, 0.05) is 64.2 Å². The predicted molar refractivity (Wildman–Crippen MR) is 146 cm³/mol. The molecule has 1 aliphatic carbocycles. The molecule has 0 amide bonds. The molecule has 2 atom stereocenters. The zero-order chi connectivity index (χ0) is 28.2. The molecule has 2 N–H and O–H groups in total. The van der Waals surface area contributed by atoms with Crippen LogP contribution in [0.2, 0.25) is 5.02 Å². The number of nitrogens with one attached hydrogen (secondary N) is 2. The van der Waals surface area contributed by atoms with Crippen molar-refractivity contribution in [2.24, 2.45) is 4.99 Å². The highest BCUT2D eigenvalue weighted by Crippen LogP contribution is 2.46. The van der Waals surface area contributed by atoms with Gasteiger partial charge in [-0.05, 0) is 44.4 Å². The number of benzene rings is 1. The van der Waals surface area contributed by atoms with E-state index in [0.29, 0.717) is 32.4 Å². The minimum Gasteiger partial charge on any atom is -0.326 e. The Hall–Kier alpha value is -2.78. The molecule has 6 rings (SSSR count). The monoisotopic (exact) mass is 611 g/mol. The van der Waals surface area contributed by atoms with Gasteiger partial charge < -0.3 is 4.90 Å². The Morgan fingerprint density at radius 1 is 1.25 bits per heavy atom. The van der Waals surface area contributed by atoms with Crippen molar-refractivity contribution < 1.29 is 21.6 Å². The molecule has 2 aliphatic heterocycles. The Kier molecular flexibility index (Phi) is 7.02. The van der Waals surface area contributed by atoms with E-state index in [0.717, 1.165) is 19.3 Å². The topological polar surface area (TPSA) is 105 Å². The molecule has 3 aromatic rings. The normalized spacial score (nSPS) is 22.4. The van der Waals surface area contributed by atoms with Crippen LogP contribution in [0.3, 0.4) is 0 Å². The van der Waals surface area contributed by atoms with Gasteiger partial charge in [0.05, 0.1) is 5.69 Å². The molecule has 212 valence electrons. The predicted octanol–water partition coefficient (Wildman–Crippen LogP) is 4.88. The SMILES string of the molecule is CC1(NS(=O)(=O)N[C@H]2CC3=C(c4ccn(C(F)F)n4)[C@H](c4ccc(F)cc4Cl)N=C(c4nccs4)N3C2)CCC1. The second-order valence-corrected chi connectivity index (χ2v) is 13.1. The summed E-state index contributed by atoms with van der Waals surface area (Å²) in [6.45, 7) is -0.755. The second kappa shape index (κ2) is 10.2. The third-order valence-corrected chi connectivity index (χ3v) is 9.89. The summed E-state index contributed by atoms with van der Waals surface area (Å²) < 4.78 is 73.1. The molecule has 40 heavy (non-hydrogen) atoms. The minimum absolute atomic E-state index is 0.111. The Bertz CT molecular complexity index is 1600. The number of hydrogen-bond donors (Lipinski definition) is 2. The molecule has 1 saturated heterocycles. The average Bonchev–Trinajstić information content (AvgIpc) is 3.62. The third-order valence-electron chi connectivity index (χ3n) is 7.38. The van der Waals surface area contributed by atoms with Crippen LogP contribution in [-0.2, 0) is 10.2 Å². The van der Waals surface area contributed by atoms with Gasteiger partial charge >= 0.3 is 6.55 Å². The number of halogens is 4. The minimum atomic E-state index is -3.85. The number of aliphatic imine (C=N–C) groups is 1. The lowest BCUT2D eigenvalue weighted by molar-refractivity contribution is 0.0564. The van der Waals surface area contributed by atoms with Crippen LogP contribution in [-0.4, -0.2) is 52.0 Å². The standard InChI is InChI=1S/C25H25ClF3N7O2S2/c1-25(6-2-7-25)34-40(37,38)33-15-12-19-20(18-5-9-36(32-18)24(28)29)21(16-4-3-14(27)11-17(16)26)31-22(35(19)13-15)23-30-8-10-39-23/h3-5,8-11,15,21,24,33-34H,2,6-7,12-13H2,1H3/t15-,21-/m0/s1. The van der Waals surface area contributed by atoms with Crippen molar-refractivity contribution in [1.82, 2.24) is 29.1 Å². The maximum atomic E-state index is 14.0. The molecule has 3 aliphatic rings. The molecule has 1 aromatic carbocycles. The smallest absolute Gasteiger partial charge is 0.326 e. The second-order valence-electron chi connectivity index (χ2n) is 10.3. The van der Waals surface area contributed by atoms with Gasteiger partial charge in [-0.25, -0.2) is 14.1 Å². The summed E-state index contributed by atoms with van der Waals surface area (Å²) in [5.74, 6) is -0.0532. The van der Waals surface area contributed by atoms with Crippen LogP contribution in [0, 0.1) is 5.82 Å². The molecule has 15 heteroatoms. The van der Waals surface area contributed by atoms with Crippen LogP contribution < -0.4 is 9.44 Å². The highest BCUT2D eigenvalue weighted by atomic mass is 35.5. The van der Waals surface area contributed by atoms with Gasteiger partial charge in [0.2, 0.25) is 0 Å². The van der Waals surface area contributed by atoms with Crippen LogP contribution in [0.4, 0.5) is 13.2 Å². The number of nitrogens with zero attached hydrogens (tertiary/aromatic N) is 5. The number of hydrogen-bond acceptors (Lipinski definition) is 7. The van der Waals surface area contributed by atoms with Gasteiger partial charge in [0.15, 0.2) is 10.8 Å². The van der Waals surface area contributed by atoms with Gasteiger partial charge in [-0.3, -0.25) is 4.99 Å². The molecule has 0 unspecified atom stereocenters. The van der Waals surface area contributed by atoms with Crippen LogP contribution in [0.25, 0.3) is 5.57 Å². The first-order chi connectivity index (χ1) is 19.0. The number of rotatable bonds is 8. The lowest BCUT2D eigenvalue weighted by Crippen LogP contribution is -2.56. The largest absolute Gasteiger partial charge is 0.333 e. The molecule has 0 radical (unpaired) electrons. The van der Waals surface area contributed by atoms with Crippen molar-refractivity contribution in [3.05, 3.63) is 74.8 Å². The van der Waals surface area contributed by atoms with E-state index in [-0.39, 0.29) is 23.7 Å². The number of amidine groups is 1. The van der Waals surface area contributed by atoms with E-state index < -0.39 is 40.2 Å². The molecular formula is C25H25ClF3N7O2S2. The van der Waals surface area contributed by atoms with Crippen LogP contribution in [0.1, 0.15) is 61.5 Å². The van der Waals surface area contributed by atoms with E-state index in [1.807, 2.05) is 11.8 Å². The lowest BCUT2D eigenvalue weighted by Gasteiger charge is -2.38. The van der Waals surface area contributed by atoms with Crippen molar-refractivity contribution in [2.45, 2.75) is 56.8 Å². The molecule has 0 bridgehead atoms. The fourth-order valence-electron chi connectivity index (χ4n) is 5.42. The summed E-state index contributed by atoms with van der Waals surface area (Å²) in [6, 6.07) is 3.99. The molecule has 0 spiro atoms. The summed E-state index contributed by atoms with van der Waals surface area (Å²) in [4.78, 5) is 11.2. The summed E-state index contributed by atoms with van der Waals surface area (Å²) in [7, 11) is -3.85. The van der Waals surface area contributed by atoms with Crippen molar-refractivity contribution in [3.63, 3.8) is 0 Å². The van der Waals surface area contributed by atoms with Gasteiger partial charge in [0.1, 0.15) is 11.9 Å². The zero-order valence-corrected chi connectivity index (χ0v) is 23.6. The highest BCUT2D eigenvalue weighted by Gasteiger charge is 2.43. The first-order valence-electron chi connectivity index (χ1n) is 12.6. The lowest BCUT2D eigenvalue weighted by atomic mass is 9.80. The summed E-state index contributed by atoms with van der Waals surface area (Å²) in [5.41, 5.74) is 1.33. The number of thiazole rings is 1. The van der Waals surface area contributed by atoms with Crippen LogP contribution in [0.5, 0.6) is 0 Å². The first-order valence-corrected chi connectivity index (χ1v) is 15.3. The van der Waals surface area contributed by atoms with E-state index >= 15 is 0 Å². The van der Waals surface area contributed by atoms with Gasteiger partial charge in [-0.1, -0.05) is 17.7 Å². The summed E-state index contributed by atoms with van der Waals surface area (Å²) in [5, 5.41) is 6.59. The quantitative estimate of drug-likeness (QED) is 0.378. The van der Waals surface area contributed by atoms with E-state index in [1.165, 1.54) is 41.8 Å². The van der Waals surface area contributed by atoms with Crippen molar-refractivity contribution in [1.29, 1.82) is 0 Å². The Morgan fingerprint density at radius 2 is 2.05 bits per heavy atom. The number of alkyl halides is 2. The Balaban J connectivity index is 1.46. The zero-order valence-electron chi connectivity index (χ0n) is 21.2. The molecule has 2 fully saturated rings. The average molecular weight is 612 g/mol. The van der Waals surface area contributed by atoms with E-state index in [9.17, 15) is 21.6 Å². The van der Waals surface area contributed by atoms with Crippen LogP contribution in [0.15, 0.2) is 52.7 Å². The van der Waals surface area contributed by atoms with E-state index in [1.54, 1.807) is 11.6 Å². The fourth-order valence-corrected chi connectivity index (χ4v) is 7.83. The van der Waals surface area contributed by atoms with E-state index in [2.05, 4.69) is 19.5 Å². The third kappa shape index (κ3) is 5.18. The molecular weight excluding hydrogens is 587 g/mol. The first kappa shape index (κ1) is 27.4. The summed E-state index contributed by atoms with van der Waals surface area (Å²) >= 11 is 7.83. The van der Waals surface area contributed by atoms with Gasteiger partial charge in [-0.2, -0.15) is 31.7 Å². The number of aromatic nitrogens is 3.